The van der Waals surface area contributed by atoms with Gasteiger partial charge in [0, 0.05) is 31.7 Å². The molecule has 2 N–H and O–H groups in total. The van der Waals surface area contributed by atoms with E-state index in [-0.39, 0.29) is 35.6 Å². The second kappa shape index (κ2) is 11.4. The number of hydrogen-bond acceptors (Lipinski definition) is 8. The molecule has 2 saturated heterocycles. The van der Waals surface area contributed by atoms with Crippen molar-refractivity contribution in [3.63, 3.8) is 0 Å². The molecule has 11 heteroatoms. The van der Waals surface area contributed by atoms with Crippen molar-refractivity contribution in [1.82, 2.24) is 28.9 Å². The van der Waals surface area contributed by atoms with Gasteiger partial charge in [0.05, 0.1) is 11.7 Å². The molecule has 2 aliphatic heterocycles. The number of para-hydroxylation sites is 1. The molecule has 2 fully saturated rings. The lowest BCUT2D eigenvalue weighted by molar-refractivity contribution is -0.127. The third-order valence-electron chi connectivity index (χ3n) is 8.36. The average molecular weight is 579 g/mol. The third-order valence-corrected chi connectivity index (χ3v) is 8.36. The first-order valence-electron chi connectivity index (χ1n) is 14.5. The molecular weight excluding hydrogens is 544 g/mol. The Morgan fingerprint density at radius 3 is 2.47 bits per heavy atom. The molecule has 4 aromatic rings. The number of nitrogens with two attached hydrogens (primary N) is 1. The molecule has 2 aromatic carbocycles. The monoisotopic (exact) mass is 578 g/mol. The van der Waals surface area contributed by atoms with Gasteiger partial charge in [-0.3, -0.25) is 18.8 Å². The molecule has 0 radical (unpaired) electrons. The van der Waals surface area contributed by atoms with Crippen molar-refractivity contribution in [2.75, 3.05) is 25.4 Å². The summed E-state index contributed by atoms with van der Waals surface area (Å²) in [7, 11) is 0. The quantitative estimate of drug-likeness (QED) is 0.246. The highest BCUT2D eigenvalue weighted by atomic mass is 16.5. The van der Waals surface area contributed by atoms with Gasteiger partial charge in [-0.15, -0.1) is 0 Å². The Labute approximate surface area is 249 Å². The fourth-order valence-electron chi connectivity index (χ4n) is 5.93. The molecule has 2 aromatic heterocycles. The molecule has 4 heterocycles. The number of carbonyl (C=O) groups excluding carboxylic acids is 1. The van der Waals surface area contributed by atoms with E-state index in [1.165, 1.54) is 10.9 Å². The van der Waals surface area contributed by atoms with Crippen molar-refractivity contribution in [2.45, 2.75) is 51.2 Å². The van der Waals surface area contributed by atoms with E-state index < -0.39 is 5.54 Å². The number of imidazole rings is 1. The summed E-state index contributed by atoms with van der Waals surface area (Å²) >= 11 is 0. The number of ether oxygens (including phenoxy) is 1. The summed E-state index contributed by atoms with van der Waals surface area (Å²) in [6.45, 7) is 6.68. The maximum atomic E-state index is 14.0. The Bertz CT molecular complexity index is 1780. The second-order valence-corrected chi connectivity index (χ2v) is 11.5. The maximum absolute atomic E-state index is 14.0. The summed E-state index contributed by atoms with van der Waals surface area (Å²) in [6, 6.07) is 18.4. The van der Waals surface area contributed by atoms with E-state index >= 15 is 0 Å². The molecule has 0 unspecified atom stereocenters. The van der Waals surface area contributed by atoms with Crippen molar-refractivity contribution >= 4 is 22.9 Å². The van der Waals surface area contributed by atoms with Gasteiger partial charge in [0.1, 0.15) is 35.0 Å². The minimum atomic E-state index is -0.394. The van der Waals surface area contributed by atoms with Crippen LogP contribution in [0.15, 0.2) is 77.4 Å². The predicted octanol–water partition coefficient (Wildman–Crippen LogP) is 3.88. The Kier molecular flexibility index (Phi) is 7.46. The Hall–Kier alpha value is -4.95. The first-order valence-corrected chi connectivity index (χ1v) is 14.5. The molecule has 220 valence electrons. The highest BCUT2D eigenvalue weighted by molar-refractivity contribution is 5.97. The lowest BCUT2D eigenvalue weighted by Crippen LogP contribution is -2.51. The number of anilines is 1. The number of aromatic nitrogens is 4. The number of likely N-dealkylation sites (tertiary alicyclic amines) is 2. The van der Waals surface area contributed by atoms with Crippen molar-refractivity contribution in [1.29, 1.82) is 5.26 Å². The summed E-state index contributed by atoms with van der Waals surface area (Å²) in [5.74, 6) is 1.19. The fraction of sp³-hybridized carbons (Fsp3) is 0.344. The second-order valence-electron chi connectivity index (χ2n) is 11.5. The maximum Gasteiger partial charge on any atom is 0.335 e. The summed E-state index contributed by atoms with van der Waals surface area (Å²) < 4.78 is 8.96. The molecule has 0 aliphatic carbocycles. The number of rotatable bonds is 8. The zero-order valence-electron chi connectivity index (χ0n) is 24.3. The number of fused-ring (bicyclic) bond motifs is 1. The molecule has 0 saturated carbocycles. The summed E-state index contributed by atoms with van der Waals surface area (Å²) in [6.07, 6.45) is 5.70. The van der Waals surface area contributed by atoms with Crippen LogP contribution in [0.25, 0.3) is 16.9 Å². The third kappa shape index (κ3) is 5.37. The van der Waals surface area contributed by atoms with Gasteiger partial charge in [0.2, 0.25) is 0 Å². The zero-order valence-corrected chi connectivity index (χ0v) is 24.3. The average Bonchev–Trinajstić information content (AvgIpc) is 3.54. The van der Waals surface area contributed by atoms with Crippen LogP contribution in [0.2, 0.25) is 0 Å². The van der Waals surface area contributed by atoms with E-state index in [2.05, 4.69) is 20.9 Å². The van der Waals surface area contributed by atoms with Crippen LogP contribution in [0.3, 0.4) is 0 Å². The normalized spacial score (nSPS) is 17.6. The number of nitriles is 1. The number of amides is 1. The molecule has 1 amide bonds. The minimum Gasteiger partial charge on any atom is -0.457 e. The molecule has 11 nitrogen and oxygen atoms in total. The molecule has 1 atom stereocenters. The Morgan fingerprint density at radius 2 is 1.79 bits per heavy atom. The highest BCUT2D eigenvalue weighted by Gasteiger charge is 2.35. The van der Waals surface area contributed by atoms with Crippen LogP contribution < -0.4 is 16.2 Å². The zero-order chi connectivity index (χ0) is 30.1. The smallest absolute Gasteiger partial charge is 0.335 e. The van der Waals surface area contributed by atoms with Crippen LogP contribution in [0.5, 0.6) is 11.5 Å². The number of carbonyl (C=O) groups is 1. The van der Waals surface area contributed by atoms with E-state index in [4.69, 9.17) is 10.5 Å². The van der Waals surface area contributed by atoms with Crippen molar-refractivity contribution in [2.24, 2.45) is 0 Å². The van der Waals surface area contributed by atoms with E-state index in [1.807, 2.05) is 44.2 Å². The van der Waals surface area contributed by atoms with Crippen molar-refractivity contribution in [3.8, 4) is 23.3 Å². The van der Waals surface area contributed by atoms with Crippen LogP contribution in [0.1, 0.15) is 33.1 Å². The molecule has 6 rings (SSSR count). The van der Waals surface area contributed by atoms with Gasteiger partial charge < -0.3 is 15.4 Å². The predicted molar refractivity (Wildman–Crippen MR) is 163 cm³/mol. The van der Waals surface area contributed by atoms with Crippen LogP contribution >= 0.6 is 0 Å². The van der Waals surface area contributed by atoms with Crippen LogP contribution in [0, 0.1) is 11.3 Å². The number of nitrogen functional groups attached to an aromatic ring is 1. The van der Waals surface area contributed by atoms with Crippen LogP contribution in [-0.4, -0.2) is 66.0 Å². The van der Waals surface area contributed by atoms with E-state index in [0.29, 0.717) is 41.3 Å². The number of hydrogen-bond donors (Lipinski definition) is 1. The molecule has 2 aliphatic rings. The van der Waals surface area contributed by atoms with Crippen LogP contribution in [0.4, 0.5) is 5.82 Å². The van der Waals surface area contributed by atoms with Gasteiger partial charge >= 0.3 is 5.69 Å². The van der Waals surface area contributed by atoms with E-state index in [9.17, 15) is 14.9 Å². The molecule has 0 spiro atoms. The highest BCUT2D eigenvalue weighted by Crippen LogP contribution is 2.28. The van der Waals surface area contributed by atoms with Crippen molar-refractivity contribution < 1.29 is 9.53 Å². The fourth-order valence-corrected chi connectivity index (χ4v) is 5.93. The first kappa shape index (κ1) is 28.2. The molecule has 43 heavy (non-hydrogen) atoms. The minimum absolute atomic E-state index is 0.128. The van der Waals surface area contributed by atoms with Gasteiger partial charge in [0.15, 0.2) is 11.5 Å². The Morgan fingerprint density at radius 1 is 1.07 bits per heavy atom. The van der Waals surface area contributed by atoms with Gasteiger partial charge in [-0.25, -0.2) is 14.8 Å². The SMILES string of the molecule is CC(C)(/C=C(/C#N)C(=O)N1CCC[C@H]1Cn1c(=O)n(-c2ccc(Oc3ccccc3)cc2)c2c(N)ncnc21)N1CCC1. The standard InChI is InChI=1S/C32H34N8O3/c1-32(2,37-15-7-16-37)18-22(19-33)30(41)38-17-6-8-24(38)20-39-29-27(28(34)35-21-36-29)40(31(39)42)23-11-13-26(14-12-23)43-25-9-4-3-5-10-25/h3-5,9-14,18,21,24H,6-8,15-17,20H2,1-2H3,(H2,34,35,36)/b22-18-/t24-/m0/s1. The lowest BCUT2D eigenvalue weighted by atomic mass is 9.95. The van der Waals surface area contributed by atoms with Crippen molar-refractivity contribution in [3.05, 3.63) is 83.1 Å². The summed E-state index contributed by atoms with van der Waals surface area (Å²) in [4.78, 5) is 40.2. The summed E-state index contributed by atoms with van der Waals surface area (Å²) in [5.41, 5.74) is 7.05. The van der Waals surface area contributed by atoms with Gasteiger partial charge in [-0.05, 0) is 75.6 Å². The lowest BCUT2D eigenvalue weighted by Gasteiger charge is -2.43. The van der Waals surface area contributed by atoms with E-state index in [1.54, 1.807) is 39.8 Å². The molecule has 0 bridgehead atoms. The van der Waals surface area contributed by atoms with Gasteiger partial charge in [0.25, 0.3) is 5.91 Å². The van der Waals surface area contributed by atoms with E-state index in [0.717, 1.165) is 25.9 Å². The molecular formula is C32H34N8O3. The number of nitrogens with zero attached hydrogens (tertiary/aromatic N) is 7. The first-order chi connectivity index (χ1) is 20.8. The Balaban J connectivity index is 1.30. The number of benzene rings is 2. The van der Waals surface area contributed by atoms with Gasteiger partial charge in [-0.2, -0.15) is 5.26 Å². The topological polar surface area (TPSA) is 135 Å². The van der Waals surface area contributed by atoms with Gasteiger partial charge in [-0.1, -0.05) is 18.2 Å². The summed E-state index contributed by atoms with van der Waals surface area (Å²) in [5, 5.41) is 9.93. The largest absolute Gasteiger partial charge is 0.457 e. The van der Waals surface area contributed by atoms with Crippen LogP contribution in [-0.2, 0) is 11.3 Å².